The average molecular weight is 356 g/mol. The zero-order valence-corrected chi connectivity index (χ0v) is 14.4. The summed E-state index contributed by atoms with van der Waals surface area (Å²) >= 11 is 0. The van der Waals surface area contributed by atoms with Crippen molar-refractivity contribution in [2.45, 2.75) is 0 Å². The summed E-state index contributed by atoms with van der Waals surface area (Å²) in [4.78, 5) is 0. The Labute approximate surface area is 122 Å². The summed E-state index contributed by atoms with van der Waals surface area (Å²) in [6.07, 6.45) is 0. The number of rotatable bonds is 0. The fourth-order valence-corrected chi connectivity index (χ4v) is 0. The molecule has 3 radical (unpaired) electrons. The van der Waals surface area contributed by atoms with Gasteiger partial charge < -0.3 is 2.85 Å². The van der Waals surface area contributed by atoms with Crippen LogP contribution in [0.2, 0.25) is 0 Å². The third-order valence-corrected chi connectivity index (χ3v) is 0. The Bertz CT molecular complexity index is 26.5. The first-order valence-corrected chi connectivity index (χ1v) is 0. The van der Waals surface area contributed by atoms with Crippen LogP contribution in [-0.2, 0) is 87.2 Å². The van der Waals surface area contributed by atoms with E-state index in [1.165, 1.54) is 0 Å². The van der Waals surface area contributed by atoms with Crippen molar-refractivity contribution in [2.75, 3.05) is 0 Å². The molecule has 0 aliphatic rings. The molecule has 0 bridgehead atoms. The van der Waals surface area contributed by atoms with E-state index in [-0.39, 0.29) is 124 Å². The molecule has 0 spiro atoms. The van der Waals surface area contributed by atoms with Crippen LogP contribution in [0.5, 0.6) is 0 Å². The second-order valence-electron chi connectivity index (χ2n) is 0. The summed E-state index contributed by atoms with van der Waals surface area (Å²) < 4.78 is 0. The molecule has 0 rings (SSSR count). The van der Waals surface area contributed by atoms with Crippen molar-refractivity contribution < 1.29 is 90.0 Å². The van der Waals surface area contributed by atoms with Crippen LogP contribution in [0.25, 0.3) is 0 Å². The predicted octanol–water partition coefficient (Wildman–Crippen LogP) is -1.35. The molecule has 0 unspecified atom stereocenters. The van der Waals surface area contributed by atoms with E-state index < -0.39 is 0 Å². The molecular formula is H5CuFeMgMnNiSiZn. The Morgan fingerprint density at radius 2 is 1.14 bits per heavy atom. The molecule has 0 saturated heterocycles. The smallest absolute Gasteiger partial charge is 1.00 e. The second-order valence-corrected chi connectivity index (χ2v) is 0. The van der Waals surface area contributed by atoms with Crippen LogP contribution in [0.3, 0.4) is 0 Å². The summed E-state index contributed by atoms with van der Waals surface area (Å²) in [5.74, 6) is 0. The first-order chi connectivity index (χ1) is 0. The SMILES string of the molecule is [Cu].[Fe].[H-].[H-].[Mg+2].[Mn].[Ni].[SiH3].[Zn]. The molecule has 7 heavy (non-hydrogen) atoms. The van der Waals surface area contributed by atoms with Crippen molar-refractivity contribution in [3.05, 3.63) is 0 Å². The van der Waals surface area contributed by atoms with E-state index in [9.17, 15) is 0 Å². The van der Waals surface area contributed by atoms with Crippen LogP contribution >= 0.6 is 0 Å². The van der Waals surface area contributed by atoms with E-state index in [1.807, 2.05) is 0 Å². The maximum absolute atomic E-state index is 0. The number of hydrogen-bond acceptors (Lipinski definition) is 0. The van der Waals surface area contributed by atoms with Crippen molar-refractivity contribution in [3.8, 4) is 0 Å². The Morgan fingerprint density at radius 3 is 1.14 bits per heavy atom. The molecule has 7 heteroatoms. The Kier molecular flexibility index (Phi) is 574. The molecule has 0 heterocycles. The minimum Gasteiger partial charge on any atom is -1.00 e. The largest absolute Gasteiger partial charge is 2.00 e. The van der Waals surface area contributed by atoms with Gasteiger partial charge in [-0.2, -0.15) is 0 Å². The Balaban J connectivity index is 0. The summed E-state index contributed by atoms with van der Waals surface area (Å²) in [7, 11) is 0. The molecule has 0 atom stereocenters. The van der Waals surface area contributed by atoms with Gasteiger partial charge in [0.05, 0.1) is 0 Å². The van der Waals surface area contributed by atoms with Gasteiger partial charge in [-0.25, -0.2) is 0 Å². The molecule has 0 aromatic carbocycles. The normalized spacial score (nSPS) is 0. The van der Waals surface area contributed by atoms with Crippen LogP contribution in [-0.4, -0.2) is 34.0 Å². The third kappa shape index (κ3) is 42.3. The van der Waals surface area contributed by atoms with Crippen LogP contribution < -0.4 is 0 Å². The van der Waals surface area contributed by atoms with Crippen molar-refractivity contribution in [2.24, 2.45) is 0 Å². The summed E-state index contributed by atoms with van der Waals surface area (Å²) in [6.45, 7) is 0. The van der Waals surface area contributed by atoms with Gasteiger partial charge in [-0.15, -0.1) is 0 Å². The van der Waals surface area contributed by atoms with E-state index in [1.54, 1.807) is 0 Å². The van der Waals surface area contributed by atoms with Crippen molar-refractivity contribution in [1.29, 1.82) is 0 Å². The molecule has 0 aromatic heterocycles. The standard InChI is InChI=1S/Cu.Fe.Mg.Mn.Ni.H3Si.Zn.2H/h;;;;;1H3;;;/q;;+2;;;;;2*-1. The maximum Gasteiger partial charge on any atom is 2.00 e. The quantitative estimate of drug-likeness (QED) is 0.471. The zero-order chi connectivity index (χ0) is 0. The van der Waals surface area contributed by atoms with E-state index in [0.717, 1.165) is 0 Å². The van der Waals surface area contributed by atoms with Gasteiger partial charge in [0.15, 0.2) is 0 Å². The summed E-state index contributed by atoms with van der Waals surface area (Å²) in [5.41, 5.74) is 0. The minimum absolute atomic E-state index is 0. The van der Waals surface area contributed by atoms with Gasteiger partial charge in [-0.05, 0) is 11.0 Å². The maximum atomic E-state index is 0. The van der Waals surface area contributed by atoms with Gasteiger partial charge in [-0.3, -0.25) is 0 Å². The van der Waals surface area contributed by atoms with Crippen molar-refractivity contribution >= 4 is 34.0 Å². The van der Waals surface area contributed by atoms with Crippen molar-refractivity contribution in [1.82, 2.24) is 0 Å². The van der Waals surface area contributed by atoms with E-state index >= 15 is 0 Å². The monoisotopic (exact) mass is 353 g/mol. The van der Waals surface area contributed by atoms with Crippen LogP contribution in [0.15, 0.2) is 0 Å². The second kappa shape index (κ2) is 54.1. The van der Waals surface area contributed by atoms with Crippen LogP contribution in [0.1, 0.15) is 2.85 Å². The molecule has 0 aliphatic carbocycles. The molecule has 0 aliphatic heterocycles. The summed E-state index contributed by atoms with van der Waals surface area (Å²) in [6, 6.07) is 0. The van der Waals surface area contributed by atoms with Crippen LogP contribution in [0, 0.1) is 0 Å². The molecule has 0 N–H and O–H groups in total. The molecule has 0 nitrogen and oxygen atoms in total. The molecule has 0 aromatic rings. The van der Waals surface area contributed by atoms with E-state index in [4.69, 9.17) is 0 Å². The Hall–Kier alpha value is 3.66. The third-order valence-electron chi connectivity index (χ3n) is 0. The molecule has 0 amide bonds. The average Bonchev–Trinajstić information content (AvgIpc) is 0. The zero-order valence-electron chi connectivity index (χ0n) is 5.76. The molecule has 49 valence electrons. The fraction of sp³-hybridized carbons (Fsp3) is 0. The first-order valence-electron chi connectivity index (χ1n) is 0. The van der Waals surface area contributed by atoms with Gasteiger partial charge in [0.2, 0.25) is 0 Å². The van der Waals surface area contributed by atoms with E-state index in [2.05, 4.69) is 0 Å². The molecule has 0 fully saturated rings. The fourth-order valence-electron chi connectivity index (χ4n) is 0. The van der Waals surface area contributed by atoms with Gasteiger partial charge in [0, 0.05) is 87.2 Å². The first kappa shape index (κ1) is 74.3. The minimum atomic E-state index is 0. The molecular weight excluding hydrogens is 351 g/mol. The Morgan fingerprint density at radius 1 is 1.14 bits per heavy atom. The van der Waals surface area contributed by atoms with Gasteiger partial charge in [-0.1, -0.05) is 0 Å². The number of hydrogen-bond donors (Lipinski definition) is 0. The van der Waals surface area contributed by atoms with Gasteiger partial charge >= 0.3 is 23.1 Å². The van der Waals surface area contributed by atoms with Crippen molar-refractivity contribution in [3.63, 3.8) is 0 Å². The van der Waals surface area contributed by atoms with Gasteiger partial charge in [0.1, 0.15) is 0 Å². The van der Waals surface area contributed by atoms with E-state index in [0.29, 0.717) is 0 Å². The van der Waals surface area contributed by atoms with Crippen LogP contribution in [0.4, 0.5) is 0 Å². The molecule has 0 saturated carbocycles. The topological polar surface area (TPSA) is 0 Å². The van der Waals surface area contributed by atoms with Gasteiger partial charge in [0.25, 0.3) is 0 Å². The predicted molar refractivity (Wildman–Crippen MR) is 17.9 cm³/mol. The summed E-state index contributed by atoms with van der Waals surface area (Å²) in [5, 5.41) is 0.